The average Bonchev–Trinajstić information content (AvgIpc) is 2.46. The number of carbonyl (C=O) groups is 1. The lowest BCUT2D eigenvalue weighted by Gasteiger charge is -2.12. The maximum atomic E-state index is 13.9. The number of Topliss-reactive ketones (excluding diaryl/α,β-unsaturated/α-hetero) is 1. The van der Waals surface area contributed by atoms with Crippen molar-refractivity contribution in [2.45, 2.75) is 33.1 Å². The minimum atomic E-state index is -0.323. The predicted octanol–water partition coefficient (Wildman–Crippen LogP) is 4.60. The summed E-state index contributed by atoms with van der Waals surface area (Å²) in [7, 11) is 0. The number of hydrogen-bond acceptors (Lipinski definition) is 2. The molecule has 0 fully saturated rings. The third-order valence-corrected chi connectivity index (χ3v) is 3.52. The van der Waals surface area contributed by atoms with Crippen LogP contribution in [0.3, 0.4) is 0 Å². The number of aromatic nitrogens is 1. The van der Waals surface area contributed by atoms with Crippen molar-refractivity contribution in [3.63, 3.8) is 0 Å². The van der Waals surface area contributed by atoms with E-state index in [1.54, 1.807) is 30.3 Å². The topological polar surface area (TPSA) is 30.0 Å². The van der Waals surface area contributed by atoms with Crippen molar-refractivity contribution in [2.24, 2.45) is 0 Å². The molecule has 2 rings (SSSR count). The van der Waals surface area contributed by atoms with Crippen LogP contribution >= 0.6 is 0 Å². The number of hydrogen-bond donors (Lipinski definition) is 0. The molecule has 3 heteroatoms. The van der Waals surface area contributed by atoms with Gasteiger partial charge in [0, 0.05) is 16.8 Å². The van der Waals surface area contributed by atoms with Crippen LogP contribution in [0.15, 0.2) is 36.4 Å². The molecule has 1 aromatic carbocycles. The molecule has 0 bridgehead atoms. The summed E-state index contributed by atoms with van der Waals surface area (Å²) in [6, 6.07) is 9.96. The van der Waals surface area contributed by atoms with Crippen molar-refractivity contribution in [1.29, 1.82) is 0 Å². The third kappa shape index (κ3) is 2.93. The van der Waals surface area contributed by atoms with E-state index in [-0.39, 0.29) is 17.5 Å². The van der Waals surface area contributed by atoms with Crippen molar-refractivity contribution < 1.29 is 9.18 Å². The molecule has 1 unspecified atom stereocenters. The Balaban J connectivity index is 2.61. The first-order valence-electron chi connectivity index (χ1n) is 6.80. The lowest BCUT2D eigenvalue weighted by atomic mass is 9.99. The molecule has 0 aliphatic heterocycles. The number of rotatable bonds is 4. The molecule has 0 saturated carbocycles. The van der Waals surface area contributed by atoms with E-state index >= 15 is 0 Å². The summed E-state index contributed by atoms with van der Waals surface area (Å²) in [4.78, 5) is 16.2. The molecule has 0 radical (unpaired) electrons. The molecule has 1 aromatic heterocycles. The summed E-state index contributed by atoms with van der Waals surface area (Å²) < 4.78 is 13.9. The standard InChI is InChI=1S/C17H18FNO/c1-4-11(2)16-9-13(12(3)20)10-17(19-16)14-7-5-6-8-15(14)18/h5-11H,4H2,1-3H3. The van der Waals surface area contributed by atoms with Crippen LogP contribution < -0.4 is 0 Å². The quantitative estimate of drug-likeness (QED) is 0.760. The Morgan fingerprint density at radius 2 is 2.00 bits per heavy atom. The SMILES string of the molecule is CCC(C)c1cc(C(C)=O)cc(-c2ccccc2F)n1. The van der Waals surface area contributed by atoms with Gasteiger partial charge < -0.3 is 0 Å². The fourth-order valence-corrected chi connectivity index (χ4v) is 2.02. The maximum absolute atomic E-state index is 13.9. The van der Waals surface area contributed by atoms with E-state index in [2.05, 4.69) is 18.8 Å². The number of ketones is 1. The highest BCUT2D eigenvalue weighted by Gasteiger charge is 2.13. The van der Waals surface area contributed by atoms with Gasteiger partial charge in [-0.2, -0.15) is 0 Å². The molecule has 2 aromatic rings. The van der Waals surface area contributed by atoms with Gasteiger partial charge in [-0.15, -0.1) is 0 Å². The molecule has 0 aliphatic carbocycles. The van der Waals surface area contributed by atoms with Crippen molar-refractivity contribution in [3.8, 4) is 11.3 Å². The van der Waals surface area contributed by atoms with Gasteiger partial charge in [0.15, 0.2) is 5.78 Å². The molecular formula is C17H18FNO. The molecule has 0 amide bonds. The summed E-state index contributed by atoms with van der Waals surface area (Å²) in [5.41, 5.74) is 2.36. The fourth-order valence-electron chi connectivity index (χ4n) is 2.02. The van der Waals surface area contributed by atoms with E-state index < -0.39 is 0 Å². The van der Waals surface area contributed by atoms with Crippen molar-refractivity contribution in [2.75, 3.05) is 0 Å². The Kier molecular flexibility index (Phi) is 4.28. The van der Waals surface area contributed by atoms with Gasteiger partial charge in [-0.1, -0.05) is 26.0 Å². The normalized spacial score (nSPS) is 12.2. The Morgan fingerprint density at radius 3 is 2.60 bits per heavy atom. The van der Waals surface area contributed by atoms with Crippen molar-refractivity contribution in [3.05, 3.63) is 53.5 Å². The van der Waals surface area contributed by atoms with Gasteiger partial charge in [-0.05, 0) is 43.5 Å². The van der Waals surface area contributed by atoms with Crippen LogP contribution in [-0.2, 0) is 0 Å². The van der Waals surface area contributed by atoms with E-state index in [9.17, 15) is 9.18 Å². The van der Waals surface area contributed by atoms with Crippen molar-refractivity contribution in [1.82, 2.24) is 4.98 Å². The van der Waals surface area contributed by atoms with E-state index in [0.29, 0.717) is 16.8 Å². The molecule has 0 spiro atoms. The maximum Gasteiger partial charge on any atom is 0.159 e. The molecule has 20 heavy (non-hydrogen) atoms. The lowest BCUT2D eigenvalue weighted by Crippen LogP contribution is -2.03. The summed E-state index contributed by atoms with van der Waals surface area (Å²) in [6.45, 7) is 5.63. The van der Waals surface area contributed by atoms with E-state index in [4.69, 9.17) is 0 Å². The summed E-state index contributed by atoms with van der Waals surface area (Å²) in [6.07, 6.45) is 0.922. The third-order valence-electron chi connectivity index (χ3n) is 3.52. The van der Waals surface area contributed by atoms with Crippen LogP contribution in [0.25, 0.3) is 11.3 Å². The monoisotopic (exact) mass is 271 g/mol. The highest BCUT2D eigenvalue weighted by atomic mass is 19.1. The average molecular weight is 271 g/mol. The van der Waals surface area contributed by atoms with E-state index in [0.717, 1.165) is 12.1 Å². The second-order valence-corrected chi connectivity index (χ2v) is 5.01. The first-order chi connectivity index (χ1) is 9.52. The largest absolute Gasteiger partial charge is 0.295 e. The molecule has 0 N–H and O–H groups in total. The number of carbonyl (C=O) groups excluding carboxylic acids is 1. The van der Waals surface area contributed by atoms with Gasteiger partial charge in [0.1, 0.15) is 5.82 Å². The smallest absolute Gasteiger partial charge is 0.159 e. The molecular weight excluding hydrogens is 253 g/mol. The summed E-state index contributed by atoms with van der Waals surface area (Å²) in [5, 5.41) is 0. The van der Waals surface area contributed by atoms with Crippen LogP contribution in [-0.4, -0.2) is 10.8 Å². The van der Waals surface area contributed by atoms with Gasteiger partial charge in [-0.25, -0.2) is 4.39 Å². The second kappa shape index (κ2) is 5.95. The minimum absolute atomic E-state index is 0.0328. The Hall–Kier alpha value is -2.03. The zero-order chi connectivity index (χ0) is 14.7. The number of pyridine rings is 1. The van der Waals surface area contributed by atoms with Crippen LogP contribution in [0.1, 0.15) is 49.2 Å². The van der Waals surface area contributed by atoms with Crippen molar-refractivity contribution >= 4 is 5.78 Å². The highest BCUT2D eigenvalue weighted by molar-refractivity contribution is 5.95. The van der Waals surface area contributed by atoms with Gasteiger partial charge >= 0.3 is 0 Å². The van der Waals surface area contributed by atoms with Crippen LogP contribution in [0.4, 0.5) is 4.39 Å². The Bertz CT molecular complexity index is 637. The Labute approximate surface area is 118 Å². The first-order valence-corrected chi connectivity index (χ1v) is 6.80. The first kappa shape index (κ1) is 14.4. The number of nitrogens with zero attached hydrogens (tertiary/aromatic N) is 1. The highest BCUT2D eigenvalue weighted by Crippen LogP contribution is 2.26. The van der Waals surface area contributed by atoms with E-state index in [1.165, 1.54) is 13.0 Å². The molecule has 1 heterocycles. The van der Waals surface area contributed by atoms with Gasteiger partial charge in [0.2, 0.25) is 0 Å². The molecule has 0 aliphatic rings. The summed E-state index contributed by atoms with van der Waals surface area (Å²) >= 11 is 0. The molecule has 0 saturated heterocycles. The fraction of sp³-hybridized carbons (Fsp3) is 0.294. The van der Waals surface area contributed by atoms with Gasteiger partial charge in [-0.3, -0.25) is 9.78 Å². The van der Waals surface area contributed by atoms with Crippen LogP contribution in [0, 0.1) is 5.82 Å². The zero-order valence-electron chi connectivity index (χ0n) is 12.0. The summed E-state index contributed by atoms with van der Waals surface area (Å²) in [5.74, 6) is -0.120. The molecule has 104 valence electrons. The van der Waals surface area contributed by atoms with Gasteiger partial charge in [0.25, 0.3) is 0 Å². The molecule has 2 nitrogen and oxygen atoms in total. The van der Waals surface area contributed by atoms with Crippen LogP contribution in [0.2, 0.25) is 0 Å². The van der Waals surface area contributed by atoms with E-state index in [1.807, 2.05) is 0 Å². The van der Waals surface area contributed by atoms with Crippen LogP contribution in [0.5, 0.6) is 0 Å². The Morgan fingerprint density at radius 1 is 1.30 bits per heavy atom. The minimum Gasteiger partial charge on any atom is -0.295 e. The second-order valence-electron chi connectivity index (χ2n) is 5.01. The number of halogens is 1. The lowest BCUT2D eigenvalue weighted by molar-refractivity contribution is 0.101. The van der Waals surface area contributed by atoms with Gasteiger partial charge in [0.05, 0.1) is 5.69 Å². The number of benzene rings is 1. The zero-order valence-corrected chi connectivity index (χ0v) is 12.0. The predicted molar refractivity (Wildman–Crippen MR) is 78.3 cm³/mol. The molecule has 1 atom stereocenters.